The SMILES string of the molecule is Cc1nccn1CC1CCN(S(=O)(=O)/C=C/c2ccccc2)CC1. The molecule has 0 atom stereocenters. The van der Waals surface area contributed by atoms with E-state index >= 15 is 0 Å². The zero-order chi connectivity index (χ0) is 17.0. The van der Waals surface area contributed by atoms with Gasteiger partial charge in [0.15, 0.2) is 0 Å². The van der Waals surface area contributed by atoms with Crippen LogP contribution in [0.2, 0.25) is 0 Å². The van der Waals surface area contributed by atoms with Gasteiger partial charge in [0.1, 0.15) is 5.82 Å². The van der Waals surface area contributed by atoms with E-state index in [1.54, 1.807) is 10.4 Å². The van der Waals surface area contributed by atoms with Gasteiger partial charge in [-0.1, -0.05) is 30.3 Å². The standard InChI is InChI=1S/C18H23N3O2S/c1-16-19-10-13-20(16)15-18-7-11-21(12-8-18)24(22,23)14-9-17-5-3-2-4-6-17/h2-6,9-10,13-14,18H,7-8,11-12,15H2,1H3/b14-9+. The van der Waals surface area contributed by atoms with Crippen LogP contribution in [0.5, 0.6) is 0 Å². The monoisotopic (exact) mass is 345 g/mol. The third-order valence-corrected chi connectivity index (χ3v) is 6.11. The number of hydrogen-bond donors (Lipinski definition) is 0. The van der Waals surface area contributed by atoms with Gasteiger partial charge in [0.2, 0.25) is 10.0 Å². The van der Waals surface area contributed by atoms with Crippen LogP contribution in [0.4, 0.5) is 0 Å². The largest absolute Gasteiger partial charge is 0.335 e. The Balaban J connectivity index is 1.57. The van der Waals surface area contributed by atoms with E-state index < -0.39 is 10.0 Å². The molecule has 24 heavy (non-hydrogen) atoms. The fourth-order valence-electron chi connectivity index (χ4n) is 3.04. The van der Waals surface area contributed by atoms with Gasteiger partial charge in [0.25, 0.3) is 0 Å². The fourth-order valence-corrected chi connectivity index (χ4v) is 4.26. The first kappa shape index (κ1) is 16.9. The Morgan fingerprint density at radius 1 is 1.21 bits per heavy atom. The third kappa shape index (κ3) is 4.13. The summed E-state index contributed by atoms with van der Waals surface area (Å²) in [6.45, 7) is 4.08. The van der Waals surface area contributed by atoms with E-state index in [4.69, 9.17) is 0 Å². The van der Waals surface area contributed by atoms with Crippen LogP contribution in [0.15, 0.2) is 48.1 Å². The first-order valence-electron chi connectivity index (χ1n) is 8.25. The van der Waals surface area contributed by atoms with Crippen LogP contribution in [0.1, 0.15) is 24.2 Å². The summed E-state index contributed by atoms with van der Waals surface area (Å²) >= 11 is 0. The van der Waals surface area contributed by atoms with Crippen molar-refractivity contribution in [1.82, 2.24) is 13.9 Å². The lowest BCUT2D eigenvalue weighted by atomic mass is 9.98. The summed E-state index contributed by atoms with van der Waals surface area (Å²) in [5, 5.41) is 1.32. The van der Waals surface area contributed by atoms with Crippen LogP contribution < -0.4 is 0 Å². The van der Waals surface area contributed by atoms with Crippen molar-refractivity contribution in [3.8, 4) is 0 Å². The summed E-state index contributed by atoms with van der Waals surface area (Å²) in [4.78, 5) is 4.24. The van der Waals surface area contributed by atoms with Crippen molar-refractivity contribution >= 4 is 16.1 Å². The Labute approximate surface area is 143 Å². The molecule has 2 aromatic rings. The Bertz CT molecular complexity index is 789. The Kier molecular flexibility index (Phi) is 5.16. The number of piperidine rings is 1. The molecule has 5 nitrogen and oxygen atoms in total. The van der Waals surface area contributed by atoms with Crippen LogP contribution in [0.3, 0.4) is 0 Å². The number of sulfonamides is 1. The van der Waals surface area contributed by atoms with Crippen LogP contribution in [-0.4, -0.2) is 35.4 Å². The second-order valence-corrected chi connectivity index (χ2v) is 8.05. The van der Waals surface area contributed by atoms with E-state index in [-0.39, 0.29) is 0 Å². The third-order valence-electron chi connectivity index (χ3n) is 4.54. The summed E-state index contributed by atoms with van der Waals surface area (Å²) in [5.74, 6) is 1.51. The van der Waals surface area contributed by atoms with E-state index in [9.17, 15) is 8.42 Å². The maximum Gasteiger partial charge on any atom is 0.236 e. The normalized spacial score (nSPS) is 17.5. The van der Waals surface area contributed by atoms with Crippen LogP contribution >= 0.6 is 0 Å². The van der Waals surface area contributed by atoms with Crippen LogP contribution in [-0.2, 0) is 16.6 Å². The molecule has 128 valence electrons. The lowest BCUT2D eigenvalue weighted by Crippen LogP contribution is -2.38. The van der Waals surface area contributed by atoms with Crippen molar-refractivity contribution in [2.75, 3.05) is 13.1 Å². The molecule has 1 aromatic heterocycles. The zero-order valence-electron chi connectivity index (χ0n) is 13.9. The molecule has 3 rings (SSSR count). The molecule has 0 saturated carbocycles. The summed E-state index contributed by atoms with van der Waals surface area (Å²) in [7, 11) is -3.34. The highest BCUT2D eigenvalue weighted by atomic mass is 32.2. The molecular formula is C18H23N3O2S. The first-order chi connectivity index (χ1) is 11.5. The van der Waals surface area contributed by atoms with E-state index in [1.807, 2.05) is 49.6 Å². The van der Waals surface area contributed by atoms with Crippen LogP contribution in [0, 0.1) is 12.8 Å². The Morgan fingerprint density at radius 3 is 2.54 bits per heavy atom. The minimum absolute atomic E-state index is 0.502. The quantitative estimate of drug-likeness (QED) is 0.837. The molecule has 1 aliphatic heterocycles. The molecule has 1 aliphatic rings. The van der Waals surface area contributed by atoms with Crippen molar-refractivity contribution in [1.29, 1.82) is 0 Å². The van der Waals surface area contributed by atoms with Gasteiger partial charge in [-0.2, -0.15) is 4.31 Å². The Hall–Kier alpha value is -1.92. The smallest absolute Gasteiger partial charge is 0.236 e. The van der Waals surface area contributed by atoms with Gasteiger partial charge in [0.05, 0.1) is 0 Å². The molecule has 1 aromatic carbocycles. The maximum atomic E-state index is 12.5. The fraction of sp³-hybridized carbons (Fsp3) is 0.389. The molecule has 0 aliphatic carbocycles. The van der Waals surface area contributed by atoms with Gasteiger partial charge >= 0.3 is 0 Å². The number of imidazole rings is 1. The molecule has 1 fully saturated rings. The second-order valence-electron chi connectivity index (χ2n) is 6.23. The van der Waals surface area contributed by atoms with Crippen molar-refractivity contribution in [2.45, 2.75) is 26.3 Å². The number of rotatable bonds is 5. The average Bonchev–Trinajstić information content (AvgIpc) is 2.99. The number of hydrogen-bond acceptors (Lipinski definition) is 3. The van der Waals surface area contributed by atoms with Gasteiger partial charge in [-0.25, -0.2) is 13.4 Å². The highest BCUT2D eigenvalue weighted by Crippen LogP contribution is 2.22. The maximum absolute atomic E-state index is 12.5. The van der Waals surface area contributed by atoms with Crippen molar-refractivity contribution in [3.05, 3.63) is 59.5 Å². The van der Waals surface area contributed by atoms with Gasteiger partial charge in [-0.05, 0) is 37.3 Å². The van der Waals surface area contributed by atoms with E-state index in [0.717, 1.165) is 30.8 Å². The molecule has 0 radical (unpaired) electrons. The van der Waals surface area contributed by atoms with Crippen molar-refractivity contribution in [2.24, 2.45) is 5.92 Å². The van der Waals surface area contributed by atoms with E-state index in [0.29, 0.717) is 19.0 Å². The predicted octanol–water partition coefficient (Wildman–Crippen LogP) is 2.90. The first-order valence-corrected chi connectivity index (χ1v) is 9.76. The van der Waals surface area contributed by atoms with Crippen molar-refractivity contribution < 1.29 is 8.42 Å². The predicted molar refractivity (Wildman–Crippen MR) is 95.7 cm³/mol. The van der Waals surface area contributed by atoms with E-state index in [2.05, 4.69) is 9.55 Å². The Morgan fingerprint density at radius 2 is 1.92 bits per heavy atom. The van der Waals surface area contributed by atoms with Gasteiger partial charge < -0.3 is 4.57 Å². The van der Waals surface area contributed by atoms with Crippen molar-refractivity contribution in [3.63, 3.8) is 0 Å². The number of aromatic nitrogens is 2. The number of aryl methyl sites for hydroxylation is 1. The average molecular weight is 345 g/mol. The highest BCUT2D eigenvalue weighted by molar-refractivity contribution is 7.92. The molecule has 0 spiro atoms. The molecule has 0 unspecified atom stereocenters. The summed E-state index contributed by atoms with van der Waals surface area (Å²) < 4.78 is 28.7. The molecule has 0 N–H and O–H groups in total. The molecular weight excluding hydrogens is 322 g/mol. The van der Waals surface area contributed by atoms with Gasteiger partial charge in [0, 0.05) is 37.4 Å². The minimum atomic E-state index is -3.34. The molecule has 1 saturated heterocycles. The lowest BCUT2D eigenvalue weighted by molar-refractivity contribution is 0.253. The lowest BCUT2D eigenvalue weighted by Gasteiger charge is -2.30. The number of nitrogens with zero attached hydrogens (tertiary/aromatic N) is 3. The molecule has 6 heteroatoms. The van der Waals surface area contributed by atoms with Gasteiger partial charge in [-0.3, -0.25) is 0 Å². The topological polar surface area (TPSA) is 55.2 Å². The van der Waals surface area contributed by atoms with Gasteiger partial charge in [-0.15, -0.1) is 0 Å². The number of benzene rings is 1. The summed E-state index contributed by atoms with van der Waals surface area (Å²) in [5.41, 5.74) is 0.895. The zero-order valence-corrected chi connectivity index (χ0v) is 14.7. The second kappa shape index (κ2) is 7.32. The summed E-state index contributed by atoms with van der Waals surface area (Å²) in [6.07, 6.45) is 7.23. The van der Waals surface area contributed by atoms with E-state index in [1.165, 1.54) is 5.41 Å². The molecule has 2 heterocycles. The summed E-state index contributed by atoms with van der Waals surface area (Å²) in [6, 6.07) is 9.50. The van der Waals surface area contributed by atoms with Crippen LogP contribution in [0.25, 0.3) is 6.08 Å². The molecule has 0 bridgehead atoms. The minimum Gasteiger partial charge on any atom is -0.335 e. The molecule has 0 amide bonds. The highest BCUT2D eigenvalue weighted by Gasteiger charge is 2.26.